The molecular weight excluding hydrogens is 344 g/mol. The SMILES string of the molecule is C[C@@H]1C[C@@H](N)CCN1C(=O)CCCCOc1ccc(Br)cc1. The zero-order valence-corrected chi connectivity index (χ0v) is 14.7. The van der Waals surface area contributed by atoms with Gasteiger partial charge in [-0.25, -0.2) is 0 Å². The normalized spacial score (nSPS) is 21.7. The molecule has 0 bridgehead atoms. The molecule has 2 N–H and O–H groups in total. The largest absolute Gasteiger partial charge is 0.494 e. The number of unbranched alkanes of at least 4 members (excludes halogenated alkanes) is 1. The number of ether oxygens (including phenoxy) is 1. The highest BCUT2D eigenvalue weighted by atomic mass is 79.9. The summed E-state index contributed by atoms with van der Waals surface area (Å²) in [4.78, 5) is 14.2. The maximum Gasteiger partial charge on any atom is 0.222 e. The predicted molar refractivity (Wildman–Crippen MR) is 91.9 cm³/mol. The standard InChI is InChI=1S/C17H25BrN2O2/c1-13-12-15(19)9-10-20(13)17(21)4-2-3-11-22-16-7-5-14(18)6-8-16/h5-8,13,15H,2-4,9-12,19H2,1H3/t13-,15+/m1/s1. The molecule has 1 heterocycles. The summed E-state index contributed by atoms with van der Waals surface area (Å²) in [7, 11) is 0. The van der Waals surface area contributed by atoms with Gasteiger partial charge in [0.2, 0.25) is 5.91 Å². The molecule has 2 rings (SSSR count). The van der Waals surface area contributed by atoms with E-state index in [0.717, 1.165) is 42.5 Å². The van der Waals surface area contributed by atoms with Gasteiger partial charge in [-0.1, -0.05) is 15.9 Å². The van der Waals surface area contributed by atoms with E-state index in [0.29, 0.717) is 13.0 Å². The molecule has 1 aliphatic rings. The van der Waals surface area contributed by atoms with E-state index < -0.39 is 0 Å². The Bertz CT molecular complexity index is 478. The van der Waals surface area contributed by atoms with Crippen LogP contribution in [0, 0.1) is 0 Å². The van der Waals surface area contributed by atoms with E-state index >= 15 is 0 Å². The Balaban J connectivity index is 1.62. The maximum atomic E-state index is 12.2. The number of carbonyl (C=O) groups is 1. The van der Waals surface area contributed by atoms with Crippen LogP contribution in [-0.4, -0.2) is 36.0 Å². The van der Waals surface area contributed by atoms with Crippen molar-refractivity contribution in [3.63, 3.8) is 0 Å². The van der Waals surface area contributed by atoms with Crippen molar-refractivity contribution in [2.24, 2.45) is 5.73 Å². The average Bonchev–Trinajstić information content (AvgIpc) is 2.48. The number of rotatable bonds is 6. The molecule has 0 radical (unpaired) electrons. The summed E-state index contributed by atoms with van der Waals surface area (Å²) in [6.07, 6.45) is 4.19. The number of hydrogen-bond donors (Lipinski definition) is 1. The van der Waals surface area contributed by atoms with Gasteiger partial charge in [0.05, 0.1) is 6.61 Å². The molecule has 1 aliphatic heterocycles. The van der Waals surface area contributed by atoms with Gasteiger partial charge in [-0.05, 0) is 56.9 Å². The van der Waals surface area contributed by atoms with Crippen LogP contribution in [0.2, 0.25) is 0 Å². The van der Waals surface area contributed by atoms with E-state index in [1.54, 1.807) is 0 Å². The van der Waals surface area contributed by atoms with Crippen molar-refractivity contribution >= 4 is 21.8 Å². The Morgan fingerprint density at radius 3 is 2.77 bits per heavy atom. The average molecular weight is 369 g/mol. The van der Waals surface area contributed by atoms with Crippen molar-refractivity contribution in [2.45, 2.75) is 51.1 Å². The van der Waals surface area contributed by atoms with Crippen LogP contribution in [0.1, 0.15) is 39.0 Å². The highest BCUT2D eigenvalue weighted by molar-refractivity contribution is 9.10. The molecule has 5 heteroatoms. The molecule has 1 aromatic carbocycles. The number of nitrogens with zero attached hydrogens (tertiary/aromatic N) is 1. The van der Waals surface area contributed by atoms with Gasteiger partial charge >= 0.3 is 0 Å². The molecule has 1 fully saturated rings. The molecule has 1 saturated heterocycles. The first-order valence-corrected chi connectivity index (χ1v) is 8.79. The summed E-state index contributed by atoms with van der Waals surface area (Å²) in [5.41, 5.74) is 5.93. The Kier molecular flexibility index (Phi) is 6.70. The molecule has 122 valence electrons. The third-order valence-corrected chi connectivity index (χ3v) is 4.63. The summed E-state index contributed by atoms with van der Waals surface area (Å²) < 4.78 is 6.70. The summed E-state index contributed by atoms with van der Waals surface area (Å²) in [6, 6.07) is 8.32. The number of benzene rings is 1. The van der Waals surface area contributed by atoms with Crippen molar-refractivity contribution in [1.29, 1.82) is 0 Å². The third-order valence-electron chi connectivity index (χ3n) is 4.10. The summed E-state index contributed by atoms with van der Waals surface area (Å²) >= 11 is 3.40. The van der Waals surface area contributed by atoms with Crippen molar-refractivity contribution in [3.8, 4) is 5.75 Å². The van der Waals surface area contributed by atoms with E-state index in [2.05, 4.69) is 22.9 Å². The summed E-state index contributed by atoms with van der Waals surface area (Å²) in [5, 5.41) is 0. The van der Waals surface area contributed by atoms with Gasteiger partial charge in [0, 0.05) is 29.5 Å². The second-order valence-electron chi connectivity index (χ2n) is 5.98. The molecule has 4 nitrogen and oxygen atoms in total. The lowest BCUT2D eigenvalue weighted by molar-refractivity contribution is -0.134. The molecule has 0 unspecified atom stereocenters. The van der Waals surface area contributed by atoms with Gasteiger partial charge in [0.25, 0.3) is 0 Å². The Labute approximate surface area is 141 Å². The molecule has 22 heavy (non-hydrogen) atoms. The maximum absolute atomic E-state index is 12.2. The summed E-state index contributed by atoms with van der Waals surface area (Å²) in [6.45, 7) is 3.54. The zero-order chi connectivity index (χ0) is 15.9. The topological polar surface area (TPSA) is 55.6 Å². The lowest BCUT2D eigenvalue weighted by Gasteiger charge is -2.36. The van der Waals surface area contributed by atoms with Crippen LogP contribution < -0.4 is 10.5 Å². The molecule has 1 amide bonds. The van der Waals surface area contributed by atoms with Gasteiger partial charge in [-0.3, -0.25) is 4.79 Å². The van der Waals surface area contributed by atoms with Crippen molar-refractivity contribution in [3.05, 3.63) is 28.7 Å². The van der Waals surface area contributed by atoms with E-state index in [1.165, 1.54) is 0 Å². The molecule has 0 saturated carbocycles. The van der Waals surface area contributed by atoms with Crippen LogP contribution >= 0.6 is 15.9 Å². The van der Waals surface area contributed by atoms with Crippen molar-refractivity contribution in [2.75, 3.05) is 13.2 Å². The quantitative estimate of drug-likeness (QED) is 0.783. The Morgan fingerprint density at radius 2 is 2.09 bits per heavy atom. The number of nitrogens with two attached hydrogens (primary N) is 1. The Morgan fingerprint density at radius 1 is 1.36 bits per heavy atom. The van der Waals surface area contributed by atoms with Gasteiger partial charge in [0.15, 0.2) is 0 Å². The van der Waals surface area contributed by atoms with Crippen LogP contribution in [0.5, 0.6) is 5.75 Å². The minimum atomic E-state index is 0.248. The van der Waals surface area contributed by atoms with E-state index in [-0.39, 0.29) is 18.0 Å². The lowest BCUT2D eigenvalue weighted by atomic mass is 9.98. The molecule has 2 atom stereocenters. The highest BCUT2D eigenvalue weighted by Crippen LogP contribution is 2.18. The number of likely N-dealkylation sites (tertiary alicyclic amines) is 1. The zero-order valence-electron chi connectivity index (χ0n) is 13.1. The Hall–Kier alpha value is -1.07. The van der Waals surface area contributed by atoms with Crippen LogP contribution in [0.25, 0.3) is 0 Å². The molecule has 0 aromatic heterocycles. The van der Waals surface area contributed by atoms with Crippen LogP contribution in [0.3, 0.4) is 0 Å². The van der Waals surface area contributed by atoms with Crippen molar-refractivity contribution < 1.29 is 9.53 Å². The van der Waals surface area contributed by atoms with Gasteiger partial charge in [0.1, 0.15) is 5.75 Å². The fourth-order valence-corrected chi connectivity index (χ4v) is 3.09. The number of hydrogen-bond acceptors (Lipinski definition) is 3. The fraction of sp³-hybridized carbons (Fsp3) is 0.588. The first-order valence-electron chi connectivity index (χ1n) is 7.99. The second kappa shape index (κ2) is 8.53. The summed E-state index contributed by atoms with van der Waals surface area (Å²) in [5.74, 6) is 1.12. The van der Waals surface area contributed by atoms with E-state index in [4.69, 9.17) is 10.5 Å². The smallest absolute Gasteiger partial charge is 0.222 e. The molecule has 0 spiro atoms. The predicted octanol–water partition coefficient (Wildman–Crippen LogP) is 3.34. The van der Waals surface area contributed by atoms with Gasteiger partial charge < -0.3 is 15.4 Å². The third kappa shape index (κ3) is 5.29. The number of amides is 1. The van der Waals surface area contributed by atoms with Gasteiger partial charge in [-0.2, -0.15) is 0 Å². The molecule has 1 aromatic rings. The lowest BCUT2D eigenvalue weighted by Crippen LogP contribution is -2.48. The van der Waals surface area contributed by atoms with Gasteiger partial charge in [-0.15, -0.1) is 0 Å². The molecule has 0 aliphatic carbocycles. The first kappa shape index (κ1) is 17.3. The highest BCUT2D eigenvalue weighted by Gasteiger charge is 2.26. The minimum absolute atomic E-state index is 0.248. The number of halogens is 1. The monoisotopic (exact) mass is 368 g/mol. The molecular formula is C17H25BrN2O2. The van der Waals surface area contributed by atoms with E-state index in [1.807, 2.05) is 29.2 Å². The van der Waals surface area contributed by atoms with Crippen LogP contribution in [-0.2, 0) is 4.79 Å². The van der Waals surface area contributed by atoms with Crippen LogP contribution in [0.15, 0.2) is 28.7 Å². The van der Waals surface area contributed by atoms with Crippen molar-refractivity contribution in [1.82, 2.24) is 4.90 Å². The minimum Gasteiger partial charge on any atom is -0.494 e. The fourth-order valence-electron chi connectivity index (χ4n) is 2.82. The van der Waals surface area contributed by atoms with Crippen LogP contribution in [0.4, 0.5) is 0 Å². The first-order chi connectivity index (χ1) is 10.6. The van der Waals surface area contributed by atoms with E-state index in [9.17, 15) is 4.79 Å². The number of piperidine rings is 1. The second-order valence-corrected chi connectivity index (χ2v) is 6.90. The number of carbonyl (C=O) groups excluding carboxylic acids is 1.